The smallest absolute Gasteiger partial charge is 0.245 e. The summed E-state index contributed by atoms with van der Waals surface area (Å²) in [4.78, 5) is 27.6. The molecule has 2 rings (SSSR count). The molecule has 2 heterocycles. The predicted octanol–water partition coefficient (Wildman–Crippen LogP) is 0.712. The monoisotopic (exact) mass is 300 g/mol. The zero-order valence-corrected chi connectivity index (χ0v) is 13.3. The Kier molecular flexibility index (Phi) is 4.64. The summed E-state index contributed by atoms with van der Waals surface area (Å²) in [6.07, 6.45) is 0.746. The second-order valence-corrected chi connectivity index (χ2v) is 8.06. The van der Waals surface area contributed by atoms with Crippen molar-refractivity contribution in [3.8, 4) is 0 Å². The van der Waals surface area contributed by atoms with Crippen LogP contribution in [0.2, 0.25) is 0 Å². The molecule has 0 aromatic rings. The summed E-state index contributed by atoms with van der Waals surface area (Å²) in [6.45, 7) is 7.60. The molecule has 0 spiro atoms. The number of β-amino-alcohol motifs (C(OH)–C–C–N with tert-alkyl or cyclic N) is 1. The number of aliphatic hydroxyl groups is 1. The first kappa shape index (κ1) is 15.6. The number of aliphatic hydroxyl groups excluding tert-OH is 1. The van der Waals surface area contributed by atoms with Gasteiger partial charge in [-0.2, -0.15) is 11.8 Å². The molecule has 1 N–H and O–H groups in total. The molecule has 0 aromatic heterocycles. The van der Waals surface area contributed by atoms with Gasteiger partial charge in [0.15, 0.2) is 0 Å². The topological polar surface area (TPSA) is 60.9 Å². The molecule has 2 fully saturated rings. The summed E-state index contributed by atoms with van der Waals surface area (Å²) in [5.74, 6) is 0.785. The molecule has 20 heavy (non-hydrogen) atoms. The van der Waals surface area contributed by atoms with Crippen molar-refractivity contribution in [2.45, 2.75) is 50.5 Å². The molecular weight excluding hydrogens is 276 g/mol. The second kappa shape index (κ2) is 5.93. The first-order valence-electron chi connectivity index (χ1n) is 7.18. The lowest BCUT2D eigenvalue weighted by Gasteiger charge is -2.29. The van der Waals surface area contributed by atoms with Crippen LogP contribution in [0.4, 0.5) is 0 Å². The van der Waals surface area contributed by atoms with Crippen LogP contribution in [-0.4, -0.2) is 69.0 Å². The van der Waals surface area contributed by atoms with E-state index in [1.165, 1.54) is 11.8 Å². The van der Waals surface area contributed by atoms with Crippen LogP contribution in [0.5, 0.6) is 0 Å². The summed E-state index contributed by atoms with van der Waals surface area (Å²) >= 11 is 1.89. The average molecular weight is 300 g/mol. The zero-order valence-electron chi connectivity index (χ0n) is 12.5. The number of thioether (sulfide) groups is 1. The molecule has 0 aromatic carbocycles. The van der Waals surface area contributed by atoms with Gasteiger partial charge in [0.05, 0.1) is 6.10 Å². The van der Waals surface area contributed by atoms with E-state index in [0.29, 0.717) is 6.42 Å². The third-order valence-electron chi connectivity index (χ3n) is 4.12. The van der Waals surface area contributed by atoms with Gasteiger partial charge in [0, 0.05) is 43.5 Å². The number of amides is 2. The van der Waals surface area contributed by atoms with Gasteiger partial charge in [-0.25, -0.2) is 0 Å². The highest BCUT2D eigenvalue weighted by Gasteiger charge is 2.40. The van der Waals surface area contributed by atoms with Gasteiger partial charge in [0.2, 0.25) is 11.8 Å². The van der Waals surface area contributed by atoms with Gasteiger partial charge in [0.1, 0.15) is 6.04 Å². The Labute approximate surface area is 124 Å². The van der Waals surface area contributed by atoms with Crippen molar-refractivity contribution in [3.05, 3.63) is 0 Å². The Hall–Kier alpha value is -0.750. The first-order valence-corrected chi connectivity index (χ1v) is 8.17. The largest absolute Gasteiger partial charge is 0.391 e. The van der Waals surface area contributed by atoms with Crippen LogP contribution in [0.25, 0.3) is 0 Å². The molecule has 0 unspecified atom stereocenters. The Morgan fingerprint density at radius 1 is 1.30 bits per heavy atom. The number of likely N-dealkylation sites (tertiary alicyclic amines) is 1. The molecule has 2 aliphatic heterocycles. The van der Waals surface area contributed by atoms with E-state index in [-0.39, 0.29) is 23.1 Å². The Balaban J connectivity index is 2.05. The van der Waals surface area contributed by atoms with E-state index in [1.54, 1.807) is 0 Å². The number of hydrogen-bond donors (Lipinski definition) is 1. The first-order chi connectivity index (χ1) is 9.30. The Bertz CT molecular complexity index is 400. The lowest BCUT2D eigenvalue weighted by Crippen LogP contribution is -2.48. The number of carbonyl (C=O) groups is 2. The molecule has 0 radical (unpaired) electrons. The van der Waals surface area contributed by atoms with E-state index in [4.69, 9.17) is 0 Å². The van der Waals surface area contributed by atoms with Crippen LogP contribution in [0.1, 0.15) is 33.6 Å². The molecule has 2 aliphatic rings. The normalized spacial score (nSPS) is 30.2. The summed E-state index contributed by atoms with van der Waals surface area (Å²) in [6, 6.07) is -0.478. The Morgan fingerprint density at radius 2 is 2.00 bits per heavy atom. The number of carbonyl (C=O) groups excluding carboxylic acids is 2. The third kappa shape index (κ3) is 3.47. The fourth-order valence-electron chi connectivity index (χ4n) is 2.85. The highest BCUT2D eigenvalue weighted by molar-refractivity contribution is 8.00. The maximum Gasteiger partial charge on any atom is 0.245 e. The van der Waals surface area contributed by atoms with Gasteiger partial charge in [-0.3, -0.25) is 9.59 Å². The molecule has 5 nitrogen and oxygen atoms in total. The van der Waals surface area contributed by atoms with Crippen molar-refractivity contribution < 1.29 is 14.7 Å². The number of rotatable bonds is 1. The van der Waals surface area contributed by atoms with E-state index >= 15 is 0 Å². The second-order valence-electron chi connectivity index (χ2n) is 6.26. The molecule has 114 valence electrons. The van der Waals surface area contributed by atoms with Crippen molar-refractivity contribution in [1.82, 2.24) is 9.80 Å². The van der Waals surface area contributed by atoms with E-state index in [9.17, 15) is 14.7 Å². The van der Waals surface area contributed by atoms with Gasteiger partial charge < -0.3 is 14.9 Å². The van der Waals surface area contributed by atoms with Crippen molar-refractivity contribution in [1.29, 1.82) is 0 Å². The average Bonchev–Trinajstić information content (AvgIpc) is 2.65. The highest BCUT2D eigenvalue weighted by atomic mass is 32.2. The van der Waals surface area contributed by atoms with E-state index in [2.05, 4.69) is 13.8 Å². The fourth-order valence-corrected chi connectivity index (χ4v) is 3.95. The van der Waals surface area contributed by atoms with Gasteiger partial charge in [0.25, 0.3) is 0 Å². The molecule has 0 saturated carbocycles. The molecule has 2 saturated heterocycles. The van der Waals surface area contributed by atoms with Gasteiger partial charge in [-0.15, -0.1) is 0 Å². The minimum absolute atomic E-state index is 0.00458. The number of nitrogens with zero attached hydrogens (tertiary/aromatic N) is 2. The lowest BCUT2D eigenvalue weighted by atomic mass is 10.1. The van der Waals surface area contributed by atoms with E-state index in [1.807, 2.05) is 16.7 Å². The SMILES string of the molecule is CC(=O)N1C[C@H](O)C[C@@H]1C(=O)N1CCSC(C)(C)CC1. The van der Waals surface area contributed by atoms with E-state index in [0.717, 1.165) is 25.3 Å². The minimum atomic E-state index is -0.578. The molecular formula is C14H24N2O3S. The molecule has 6 heteroatoms. The molecule has 2 amide bonds. The van der Waals surface area contributed by atoms with Crippen molar-refractivity contribution in [3.63, 3.8) is 0 Å². The van der Waals surface area contributed by atoms with Crippen LogP contribution in [0, 0.1) is 0 Å². The molecule has 0 aliphatic carbocycles. The summed E-state index contributed by atoms with van der Waals surface area (Å²) in [5.41, 5.74) is 0. The summed E-state index contributed by atoms with van der Waals surface area (Å²) < 4.78 is 0.199. The molecule has 2 atom stereocenters. The standard InChI is InChI=1S/C14H24N2O3S/c1-10(17)16-9-11(18)8-12(16)13(19)15-5-4-14(2,3)20-7-6-15/h11-12,18H,4-9H2,1-3H3/t11-,12-/m1/s1. The Morgan fingerprint density at radius 3 is 2.65 bits per heavy atom. The summed E-state index contributed by atoms with van der Waals surface area (Å²) in [7, 11) is 0. The maximum absolute atomic E-state index is 12.6. The third-order valence-corrected chi connectivity index (χ3v) is 5.49. The van der Waals surface area contributed by atoms with Crippen LogP contribution in [-0.2, 0) is 9.59 Å². The van der Waals surface area contributed by atoms with Crippen LogP contribution >= 0.6 is 11.8 Å². The highest BCUT2D eigenvalue weighted by Crippen LogP contribution is 2.31. The molecule has 0 bridgehead atoms. The van der Waals surface area contributed by atoms with Crippen LogP contribution < -0.4 is 0 Å². The summed E-state index contributed by atoms with van der Waals surface area (Å²) in [5, 5.41) is 9.74. The van der Waals surface area contributed by atoms with Gasteiger partial charge >= 0.3 is 0 Å². The van der Waals surface area contributed by atoms with Gasteiger partial charge in [-0.1, -0.05) is 13.8 Å². The minimum Gasteiger partial charge on any atom is -0.391 e. The van der Waals surface area contributed by atoms with Gasteiger partial charge in [-0.05, 0) is 6.42 Å². The van der Waals surface area contributed by atoms with Crippen LogP contribution in [0.15, 0.2) is 0 Å². The lowest BCUT2D eigenvalue weighted by molar-refractivity contribution is -0.142. The zero-order chi connectivity index (χ0) is 14.9. The predicted molar refractivity (Wildman–Crippen MR) is 79.5 cm³/mol. The maximum atomic E-state index is 12.6. The van der Waals surface area contributed by atoms with Crippen molar-refractivity contribution in [2.75, 3.05) is 25.4 Å². The van der Waals surface area contributed by atoms with E-state index < -0.39 is 12.1 Å². The van der Waals surface area contributed by atoms with Crippen molar-refractivity contribution >= 4 is 23.6 Å². The fraction of sp³-hybridized carbons (Fsp3) is 0.857. The van der Waals surface area contributed by atoms with Crippen LogP contribution in [0.3, 0.4) is 0 Å². The van der Waals surface area contributed by atoms with Crippen molar-refractivity contribution in [2.24, 2.45) is 0 Å². The quantitative estimate of drug-likeness (QED) is 0.775. The number of hydrogen-bond acceptors (Lipinski definition) is 4.